The second kappa shape index (κ2) is 7.95. The van der Waals surface area contributed by atoms with E-state index in [9.17, 15) is 14.7 Å². The largest absolute Gasteiger partial charge is 0.481 e. The van der Waals surface area contributed by atoms with Gasteiger partial charge < -0.3 is 10.0 Å². The quantitative estimate of drug-likeness (QED) is 0.717. The molecule has 4 nitrogen and oxygen atoms in total. The molecule has 0 bridgehead atoms. The molecule has 0 aliphatic carbocycles. The average molecular weight is 365 g/mol. The number of fused-ring (bicyclic) bond motifs is 1. The van der Waals surface area contributed by atoms with Crippen molar-refractivity contribution in [2.24, 2.45) is 0 Å². The van der Waals surface area contributed by atoms with Crippen molar-refractivity contribution in [2.75, 3.05) is 6.54 Å². The van der Waals surface area contributed by atoms with E-state index in [4.69, 9.17) is 0 Å². The van der Waals surface area contributed by atoms with Crippen LogP contribution in [0.5, 0.6) is 0 Å². The summed E-state index contributed by atoms with van der Waals surface area (Å²) in [6.45, 7) is 4.61. The number of amides is 1. The molecule has 1 N–H and O–H groups in total. The number of hydrogen-bond donors (Lipinski definition) is 1. The summed E-state index contributed by atoms with van der Waals surface area (Å²) in [5.74, 6) is -1.79. The van der Waals surface area contributed by atoms with E-state index in [1.165, 1.54) is 0 Å². The number of unbranched alkanes of at least 4 members (excludes halogenated alkanes) is 3. The average Bonchev–Trinajstić information content (AvgIpc) is 2.68. The Morgan fingerprint density at radius 1 is 1.04 bits per heavy atom. The summed E-state index contributed by atoms with van der Waals surface area (Å²) in [4.78, 5) is 27.6. The van der Waals surface area contributed by atoms with Crippen LogP contribution in [0.3, 0.4) is 0 Å². The highest BCUT2D eigenvalue weighted by molar-refractivity contribution is 6.01. The Bertz CT molecular complexity index is 817. The van der Waals surface area contributed by atoms with Crippen LogP contribution in [-0.2, 0) is 10.3 Å². The van der Waals surface area contributed by atoms with Gasteiger partial charge in [0, 0.05) is 12.1 Å². The standard InChI is InChI=1S/C23H27NO3/c1-3-4-5-11-16-24-21(25)19-15-10-9-14-18(19)20(22(26)27)23(24,2)17-12-7-6-8-13-17/h6-10,12-15,20H,3-5,11,16H2,1-2H3,(H,26,27). The Morgan fingerprint density at radius 3 is 2.37 bits per heavy atom. The third-order valence-electron chi connectivity index (χ3n) is 5.71. The van der Waals surface area contributed by atoms with Gasteiger partial charge in [0.05, 0.1) is 5.54 Å². The van der Waals surface area contributed by atoms with Crippen LogP contribution in [0.25, 0.3) is 0 Å². The number of benzene rings is 2. The van der Waals surface area contributed by atoms with Crippen LogP contribution in [0.4, 0.5) is 0 Å². The highest BCUT2D eigenvalue weighted by atomic mass is 16.4. The van der Waals surface area contributed by atoms with Gasteiger partial charge in [0.1, 0.15) is 5.92 Å². The summed E-state index contributed by atoms with van der Waals surface area (Å²) in [6.07, 6.45) is 4.13. The summed E-state index contributed by atoms with van der Waals surface area (Å²) >= 11 is 0. The fraction of sp³-hybridized carbons (Fsp3) is 0.391. The van der Waals surface area contributed by atoms with Crippen molar-refractivity contribution in [3.63, 3.8) is 0 Å². The minimum atomic E-state index is -0.926. The zero-order valence-electron chi connectivity index (χ0n) is 16.0. The molecule has 2 aromatic carbocycles. The molecule has 0 saturated carbocycles. The van der Waals surface area contributed by atoms with Crippen molar-refractivity contribution in [3.05, 3.63) is 71.3 Å². The molecular weight excluding hydrogens is 338 g/mol. The lowest BCUT2D eigenvalue weighted by molar-refractivity contribution is -0.143. The lowest BCUT2D eigenvalue weighted by Crippen LogP contribution is -2.57. The van der Waals surface area contributed by atoms with E-state index in [1.54, 1.807) is 23.1 Å². The van der Waals surface area contributed by atoms with Gasteiger partial charge in [-0.1, -0.05) is 74.7 Å². The minimum absolute atomic E-state index is 0.0778. The van der Waals surface area contributed by atoms with E-state index in [2.05, 4.69) is 6.92 Å². The zero-order chi connectivity index (χ0) is 19.4. The van der Waals surface area contributed by atoms with E-state index in [0.29, 0.717) is 17.7 Å². The molecule has 3 rings (SSSR count). The van der Waals surface area contributed by atoms with E-state index in [0.717, 1.165) is 31.2 Å². The molecule has 2 aromatic rings. The van der Waals surface area contributed by atoms with Crippen molar-refractivity contribution in [1.82, 2.24) is 4.90 Å². The third-order valence-corrected chi connectivity index (χ3v) is 5.71. The second-order valence-corrected chi connectivity index (χ2v) is 7.39. The van der Waals surface area contributed by atoms with Gasteiger partial charge in [0.15, 0.2) is 0 Å². The van der Waals surface area contributed by atoms with Gasteiger partial charge in [0.25, 0.3) is 5.91 Å². The maximum atomic E-state index is 13.4. The van der Waals surface area contributed by atoms with Crippen molar-refractivity contribution in [3.8, 4) is 0 Å². The number of carboxylic acids is 1. The molecule has 1 aliphatic rings. The van der Waals surface area contributed by atoms with Crippen LogP contribution < -0.4 is 0 Å². The molecule has 0 spiro atoms. The summed E-state index contributed by atoms with van der Waals surface area (Å²) in [5.41, 5.74) is 1.04. The molecule has 1 amide bonds. The van der Waals surface area contributed by atoms with Crippen LogP contribution >= 0.6 is 0 Å². The third kappa shape index (κ3) is 3.36. The van der Waals surface area contributed by atoms with Crippen LogP contribution in [0.2, 0.25) is 0 Å². The van der Waals surface area contributed by atoms with Crippen LogP contribution in [-0.4, -0.2) is 28.4 Å². The second-order valence-electron chi connectivity index (χ2n) is 7.39. The summed E-state index contributed by atoms with van der Waals surface area (Å²) in [5, 5.41) is 10.2. The molecule has 2 unspecified atom stereocenters. The molecule has 4 heteroatoms. The van der Waals surface area contributed by atoms with Gasteiger partial charge in [-0.3, -0.25) is 9.59 Å². The van der Waals surface area contributed by atoms with Gasteiger partial charge >= 0.3 is 5.97 Å². The maximum absolute atomic E-state index is 13.4. The predicted octanol–water partition coefficient (Wildman–Crippen LogP) is 4.81. The van der Waals surface area contributed by atoms with Crippen molar-refractivity contribution in [1.29, 1.82) is 0 Å². The Kier molecular flexibility index (Phi) is 5.64. The Morgan fingerprint density at radius 2 is 1.70 bits per heavy atom. The first-order valence-electron chi connectivity index (χ1n) is 9.71. The number of carboxylic acid groups (broad SMARTS) is 1. The first-order valence-corrected chi connectivity index (χ1v) is 9.71. The number of carbonyl (C=O) groups excluding carboxylic acids is 1. The molecule has 2 atom stereocenters. The Balaban J connectivity index is 2.14. The number of carbonyl (C=O) groups is 2. The molecule has 0 fully saturated rings. The smallest absolute Gasteiger partial charge is 0.313 e. The van der Waals surface area contributed by atoms with Crippen LogP contribution in [0.1, 0.15) is 66.9 Å². The number of aliphatic carboxylic acids is 1. The lowest BCUT2D eigenvalue weighted by Gasteiger charge is -2.49. The highest BCUT2D eigenvalue weighted by Crippen LogP contribution is 2.47. The maximum Gasteiger partial charge on any atom is 0.313 e. The Hall–Kier alpha value is -2.62. The topological polar surface area (TPSA) is 57.6 Å². The number of rotatable bonds is 7. The molecule has 1 aliphatic heterocycles. The minimum Gasteiger partial charge on any atom is -0.481 e. The molecule has 0 radical (unpaired) electrons. The molecule has 1 heterocycles. The van der Waals surface area contributed by atoms with Gasteiger partial charge in [0.2, 0.25) is 0 Å². The highest BCUT2D eigenvalue weighted by Gasteiger charge is 2.52. The molecule has 0 aromatic heterocycles. The van der Waals surface area contributed by atoms with Crippen molar-refractivity contribution < 1.29 is 14.7 Å². The molecule has 27 heavy (non-hydrogen) atoms. The van der Waals surface area contributed by atoms with Crippen LogP contribution in [0, 0.1) is 0 Å². The molecular formula is C23H27NO3. The number of hydrogen-bond acceptors (Lipinski definition) is 2. The molecule has 0 saturated heterocycles. The van der Waals surface area contributed by atoms with Crippen molar-refractivity contribution in [2.45, 2.75) is 51.0 Å². The normalized spacial score (nSPS) is 21.8. The van der Waals surface area contributed by atoms with E-state index >= 15 is 0 Å². The van der Waals surface area contributed by atoms with Gasteiger partial charge in [-0.15, -0.1) is 0 Å². The van der Waals surface area contributed by atoms with Gasteiger partial charge in [-0.25, -0.2) is 0 Å². The molecule has 142 valence electrons. The van der Waals surface area contributed by atoms with Gasteiger partial charge in [-0.2, -0.15) is 0 Å². The van der Waals surface area contributed by atoms with E-state index in [1.807, 2.05) is 43.3 Å². The first kappa shape index (κ1) is 19.2. The fourth-order valence-corrected chi connectivity index (χ4v) is 4.26. The lowest BCUT2D eigenvalue weighted by atomic mass is 9.70. The van der Waals surface area contributed by atoms with Crippen LogP contribution in [0.15, 0.2) is 54.6 Å². The van der Waals surface area contributed by atoms with Crippen molar-refractivity contribution >= 4 is 11.9 Å². The monoisotopic (exact) mass is 365 g/mol. The van der Waals surface area contributed by atoms with E-state index < -0.39 is 17.4 Å². The number of nitrogens with zero attached hydrogens (tertiary/aromatic N) is 1. The van der Waals surface area contributed by atoms with E-state index in [-0.39, 0.29) is 5.91 Å². The fourth-order valence-electron chi connectivity index (χ4n) is 4.26. The summed E-state index contributed by atoms with van der Waals surface area (Å²) < 4.78 is 0. The van der Waals surface area contributed by atoms with Gasteiger partial charge in [-0.05, 0) is 30.5 Å². The first-order chi connectivity index (χ1) is 13.0. The zero-order valence-corrected chi connectivity index (χ0v) is 16.0. The summed E-state index contributed by atoms with van der Waals surface area (Å²) in [6, 6.07) is 16.7. The Labute approximate surface area is 160 Å². The predicted molar refractivity (Wildman–Crippen MR) is 106 cm³/mol. The summed E-state index contributed by atoms with van der Waals surface area (Å²) in [7, 11) is 0. The SMILES string of the molecule is CCCCCCN1C(=O)c2ccccc2C(C(=O)O)C1(C)c1ccccc1.